The molecule has 0 amide bonds. The molecule has 0 saturated heterocycles. The first-order valence-electron chi connectivity index (χ1n) is 9.71. The van der Waals surface area contributed by atoms with Gasteiger partial charge in [0, 0.05) is 19.6 Å². The van der Waals surface area contributed by atoms with E-state index in [9.17, 15) is 19.8 Å². The van der Waals surface area contributed by atoms with Crippen LogP contribution in [-0.2, 0) is 0 Å². The molecule has 0 heterocycles. The maximum Gasteiger partial charge on any atom is 0.335 e. The number of hydrogen-bond donors (Lipinski definition) is 2. The fraction of sp³-hybridized carbons (Fsp3) is 0. The third-order valence-electron chi connectivity index (χ3n) is 4.63. The van der Waals surface area contributed by atoms with Crippen LogP contribution < -0.4 is 0 Å². The lowest BCUT2D eigenvalue weighted by Crippen LogP contribution is -1.95. The lowest BCUT2D eigenvalue weighted by molar-refractivity contribution is 0.0685. The molecule has 32 heavy (non-hydrogen) atoms. The van der Waals surface area contributed by atoms with Gasteiger partial charge < -0.3 is 10.2 Å². The van der Waals surface area contributed by atoms with Crippen molar-refractivity contribution in [3.63, 3.8) is 0 Å². The Kier molecular flexibility index (Phi) is 6.63. The van der Waals surface area contributed by atoms with E-state index in [0.29, 0.717) is 0 Å². The lowest BCUT2D eigenvalue weighted by Gasteiger charge is -2.09. The molecule has 0 atom stereocenters. The van der Waals surface area contributed by atoms with Gasteiger partial charge >= 0.3 is 11.9 Å². The first-order valence-corrected chi connectivity index (χ1v) is 11.3. The summed E-state index contributed by atoms with van der Waals surface area (Å²) in [6.45, 7) is 0. The summed E-state index contributed by atoms with van der Waals surface area (Å²) >= 11 is 3.03. The summed E-state index contributed by atoms with van der Waals surface area (Å²) in [4.78, 5) is 26.2. The van der Waals surface area contributed by atoms with Gasteiger partial charge in [0.1, 0.15) is 0 Å². The number of aromatic carboxylic acids is 2. The van der Waals surface area contributed by atoms with Gasteiger partial charge in [-0.1, -0.05) is 59.9 Å². The second-order valence-electron chi connectivity index (χ2n) is 6.93. The molecule has 0 spiro atoms. The van der Waals surface area contributed by atoms with Crippen molar-refractivity contribution in [2.45, 2.75) is 19.6 Å². The van der Waals surface area contributed by atoms with Crippen LogP contribution in [0.5, 0.6) is 0 Å². The van der Waals surface area contributed by atoms with Crippen molar-refractivity contribution >= 4 is 35.5 Å². The van der Waals surface area contributed by atoms with Crippen LogP contribution >= 0.6 is 23.5 Å². The SMILES string of the molecule is O=C(O)c1cccc(Sc2cccc(-c3cccc(Sc4cccc(C(=O)O)c4)c3)c2)c1. The van der Waals surface area contributed by atoms with E-state index in [1.54, 1.807) is 36.4 Å². The number of hydrogen-bond acceptors (Lipinski definition) is 4. The zero-order chi connectivity index (χ0) is 22.5. The highest BCUT2D eigenvalue weighted by molar-refractivity contribution is 7.99. The Morgan fingerprint density at radius 1 is 0.500 bits per heavy atom. The minimum atomic E-state index is -0.940. The van der Waals surface area contributed by atoms with E-state index in [1.807, 2.05) is 48.5 Å². The van der Waals surface area contributed by atoms with E-state index in [-0.39, 0.29) is 11.1 Å². The normalized spacial score (nSPS) is 10.6. The monoisotopic (exact) mass is 458 g/mol. The minimum absolute atomic E-state index is 0.267. The Bertz CT molecular complexity index is 1200. The number of carboxylic acids is 2. The summed E-state index contributed by atoms with van der Waals surface area (Å²) in [7, 11) is 0. The van der Waals surface area contributed by atoms with Gasteiger partial charge in [-0.3, -0.25) is 0 Å². The summed E-state index contributed by atoms with van der Waals surface area (Å²) in [6, 6.07) is 30.0. The van der Waals surface area contributed by atoms with Gasteiger partial charge in [-0.05, 0) is 71.8 Å². The highest BCUT2D eigenvalue weighted by atomic mass is 32.2. The fourth-order valence-electron chi connectivity index (χ4n) is 3.14. The van der Waals surface area contributed by atoms with Gasteiger partial charge in [0.05, 0.1) is 11.1 Å². The summed E-state index contributed by atoms with van der Waals surface area (Å²) in [6.07, 6.45) is 0. The Morgan fingerprint density at radius 2 is 0.844 bits per heavy atom. The average Bonchev–Trinajstić information content (AvgIpc) is 2.80. The third kappa shape index (κ3) is 5.41. The van der Waals surface area contributed by atoms with Crippen molar-refractivity contribution in [3.05, 3.63) is 108 Å². The average molecular weight is 459 g/mol. The largest absolute Gasteiger partial charge is 0.478 e. The number of carbonyl (C=O) groups is 2. The molecule has 4 aromatic carbocycles. The molecule has 0 saturated carbocycles. The molecular weight excluding hydrogens is 440 g/mol. The fourth-order valence-corrected chi connectivity index (χ4v) is 5.01. The number of carboxylic acid groups (broad SMARTS) is 2. The van der Waals surface area contributed by atoms with Crippen LogP contribution in [0.1, 0.15) is 20.7 Å². The van der Waals surface area contributed by atoms with Crippen molar-refractivity contribution in [2.75, 3.05) is 0 Å². The van der Waals surface area contributed by atoms with Gasteiger partial charge in [0.2, 0.25) is 0 Å². The van der Waals surface area contributed by atoms with E-state index in [0.717, 1.165) is 30.7 Å². The molecule has 4 nitrogen and oxygen atoms in total. The first-order chi connectivity index (χ1) is 15.5. The molecule has 158 valence electrons. The van der Waals surface area contributed by atoms with Gasteiger partial charge in [-0.25, -0.2) is 9.59 Å². The van der Waals surface area contributed by atoms with Gasteiger partial charge in [0.25, 0.3) is 0 Å². The maximum atomic E-state index is 11.2. The van der Waals surface area contributed by atoms with Crippen LogP contribution in [-0.4, -0.2) is 22.2 Å². The summed E-state index contributed by atoms with van der Waals surface area (Å²) in [5, 5.41) is 18.4. The first kappa shape index (κ1) is 21.7. The van der Waals surface area contributed by atoms with Crippen LogP contribution in [0.3, 0.4) is 0 Å². The molecule has 0 unspecified atom stereocenters. The summed E-state index contributed by atoms with van der Waals surface area (Å²) < 4.78 is 0. The zero-order valence-electron chi connectivity index (χ0n) is 16.8. The highest BCUT2D eigenvalue weighted by Crippen LogP contribution is 2.34. The number of rotatable bonds is 7. The van der Waals surface area contributed by atoms with Gasteiger partial charge in [0.15, 0.2) is 0 Å². The van der Waals surface area contributed by atoms with Crippen molar-refractivity contribution in [3.8, 4) is 11.1 Å². The second kappa shape index (κ2) is 9.77. The highest BCUT2D eigenvalue weighted by Gasteiger charge is 2.08. The smallest absolute Gasteiger partial charge is 0.335 e. The van der Waals surface area contributed by atoms with Crippen molar-refractivity contribution < 1.29 is 19.8 Å². The van der Waals surface area contributed by atoms with Gasteiger partial charge in [-0.2, -0.15) is 0 Å². The second-order valence-corrected chi connectivity index (χ2v) is 9.22. The summed E-state index contributed by atoms with van der Waals surface area (Å²) in [5.74, 6) is -1.88. The standard InChI is InChI=1S/C26H18O4S2/c27-25(28)19-7-3-11-23(15-19)31-21-9-1-5-17(13-21)18-6-2-10-22(14-18)32-24-12-4-8-20(16-24)26(29)30/h1-16H,(H,27,28)(H,29,30). The molecule has 4 aromatic rings. The molecule has 0 aliphatic rings. The van der Waals surface area contributed by atoms with Gasteiger partial charge in [-0.15, -0.1) is 0 Å². The maximum absolute atomic E-state index is 11.2. The van der Waals surface area contributed by atoms with E-state index >= 15 is 0 Å². The lowest BCUT2D eigenvalue weighted by atomic mass is 10.1. The Hall–Kier alpha value is -3.48. The molecule has 4 rings (SSSR count). The minimum Gasteiger partial charge on any atom is -0.478 e. The predicted octanol–water partition coefficient (Wildman–Crippen LogP) is 7.05. The number of benzene rings is 4. The quantitative estimate of drug-likeness (QED) is 0.309. The van der Waals surface area contributed by atoms with E-state index in [1.165, 1.54) is 23.5 Å². The van der Waals surface area contributed by atoms with Crippen molar-refractivity contribution in [2.24, 2.45) is 0 Å². The Morgan fingerprint density at radius 3 is 1.22 bits per heavy atom. The van der Waals surface area contributed by atoms with Crippen LogP contribution in [0.2, 0.25) is 0 Å². The Balaban J connectivity index is 1.56. The molecule has 0 bridgehead atoms. The molecule has 0 aliphatic heterocycles. The molecule has 0 aliphatic carbocycles. The molecule has 6 heteroatoms. The van der Waals surface area contributed by atoms with Crippen molar-refractivity contribution in [1.82, 2.24) is 0 Å². The van der Waals surface area contributed by atoms with E-state index in [2.05, 4.69) is 12.1 Å². The topological polar surface area (TPSA) is 74.6 Å². The van der Waals surface area contributed by atoms with E-state index in [4.69, 9.17) is 0 Å². The molecule has 0 aromatic heterocycles. The molecule has 0 radical (unpaired) electrons. The van der Waals surface area contributed by atoms with Crippen molar-refractivity contribution in [1.29, 1.82) is 0 Å². The van der Waals surface area contributed by atoms with Crippen LogP contribution in [0, 0.1) is 0 Å². The Labute approximate surface area is 193 Å². The van der Waals surface area contributed by atoms with Crippen LogP contribution in [0.4, 0.5) is 0 Å². The predicted molar refractivity (Wildman–Crippen MR) is 127 cm³/mol. The third-order valence-corrected chi connectivity index (χ3v) is 6.59. The van der Waals surface area contributed by atoms with Crippen LogP contribution in [0.15, 0.2) is 117 Å². The van der Waals surface area contributed by atoms with E-state index < -0.39 is 11.9 Å². The van der Waals surface area contributed by atoms with Crippen LogP contribution in [0.25, 0.3) is 11.1 Å². The zero-order valence-corrected chi connectivity index (χ0v) is 18.4. The molecule has 2 N–H and O–H groups in total. The summed E-state index contributed by atoms with van der Waals surface area (Å²) in [5.41, 5.74) is 2.63. The molecule has 0 fully saturated rings. The molecular formula is C26H18O4S2.